The van der Waals surface area contributed by atoms with E-state index in [1.807, 2.05) is 85.1 Å². The van der Waals surface area contributed by atoms with Gasteiger partial charge >= 0.3 is 0 Å². The smallest absolute Gasteiger partial charge is 0.193 e. The van der Waals surface area contributed by atoms with E-state index in [0.29, 0.717) is 17.6 Å². The third-order valence-corrected chi connectivity index (χ3v) is 6.18. The zero-order valence-electron chi connectivity index (χ0n) is 19.6. The van der Waals surface area contributed by atoms with E-state index >= 15 is 0 Å². The van der Waals surface area contributed by atoms with Crippen LogP contribution in [0.4, 0.5) is 11.5 Å². The number of para-hydroxylation sites is 2. The molecule has 0 bridgehead atoms. The number of fused-ring (bicyclic) bond motifs is 1. The molecule has 5 heteroatoms. The van der Waals surface area contributed by atoms with Crippen LogP contribution in [0, 0.1) is 0 Å². The van der Waals surface area contributed by atoms with Crippen LogP contribution in [0.5, 0.6) is 0 Å². The summed E-state index contributed by atoms with van der Waals surface area (Å²) in [5.41, 5.74) is 4.81. The predicted molar refractivity (Wildman–Crippen MR) is 142 cm³/mol. The van der Waals surface area contributed by atoms with Crippen LogP contribution < -0.4 is 10.7 Å². The second kappa shape index (κ2) is 10.4. The monoisotopic (exact) mass is 461 g/mol. The maximum atomic E-state index is 13.2. The fraction of sp³-hybridized carbons (Fsp3) is 0.133. The van der Waals surface area contributed by atoms with Crippen molar-refractivity contribution in [2.75, 3.05) is 12.4 Å². The number of anilines is 2. The highest BCUT2D eigenvalue weighted by Gasteiger charge is 2.17. The molecule has 1 unspecified atom stereocenters. The minimum atomic E-state index is -0.0636. The van der Waals surface area contributed by atoms with Crippen LogP contribution in [0.1, 0.15) is 23.7 Å². The van der Waals surface area contributed by atoms with E-state index in [-0.39, 0.29) is 11.5 Å². The summed E-state index contributed by atoms with van der Waals surface area (Å²) in [5, 5.41) is 4.05. The molecule has 1 N–H and O–H groups in total. The second-order valence-corrected chi connectivity index (χ2v) is 8.42. The van der Waals surface area contributed by atoms with Gasteiger partial charge in [0.15, 0.2) is 5.43 Å². The van der Waals surface area contributed by atoms with Gasteiger partial charge in [-0.1, -0.05) is 66.7 Å². The molecule has 1 atom stereocenters. The number of aryl methyl sites for hydroxylation is 1. The molecule has 5 nitrogen and oxygen atoms in total. The SMILES string of the molecule is COC(CCc1cncc2c(=O)cc(Nc3ccccc3)n(-c3ccccc3)c12)c1ccccc1. The summed E-state index contributed by atoms with van der Waals surface area (Å²) in [7, 11) is 1.74. The lowest BCUT2D eigenvalue weighted by Crippen LogP contribution is -2.15. The molecule has 0 aliphatic heterocycles. The molecule has 0 fully saturated rings. The second-order valence-electron chi connectivity index (χ2n) is 8.42. The Morgan fingerprint density at radius 3 is 2.23 bits per heavy atom. The molecule has 5 aromatic rings. The maximum absolute atomic E-state index is 13.2. The average molecular weight is 462 g/mol. The Bertz CT molecular complexity index is 1470. The van der Waals surface area contributed by atoms with Crippen LogP contribution in [0.3, 0.4) is 0 Å². The van der Waals surface area contributed by atoms with Crippen LogP contribution in [0.15, 0.2) is 114 Å². The normalized spacial score (nSPS) is 11.9. The highest BCUT2D eigenvalue weighted by molar-refractivity contribution is 5.86. The Labute approximate surface area is 204 Å². The first kappa shape index (κ1) is 22.6. The highest BCUT2D eigenvalue weighted by atomic mass is 16.5. The van der Waals surface area contributed by atoms with Crippen LogP contribution >= 0.6 is 0 Å². The maximum Gasteiger partial charge on any atom is 0.193 e. The molecular weight excluding hydrogens is 434 g/mol. The molecular formula is C30H27N3O2. The van der Waals surface area contributed by atoms with Gasteiger partial charge in [0.2, 0.25) is 0 Å². The van der Waals surface area contributed by atoms with E-state index in [4.69, 9.17) is 4.74 Å². The number of ether oxygens (including phenoxy) is 1. The Morgan fingerprint density at radius 1 is 0.886 bits per heavy atom. The van der Waals surface area contributed by atoms with Gasteiger partial charge in [-0.25, -0.2) is 0 Å². The van der Waals surface area contributed by atoms with Gasteiger partial charge in [0.1, 0.15) is 5.82 Å². The molecule has 0 saturated carbocycles. The zero-order valence-corrected chi connectivity index (χ0v) is 19.6. The van der Waals surface area contributed by atoms with Crippen molar-refractivity contribution in [1.29, 1.82) is 0 Å². The van der Waals surface area contributed by atoms with Crippen LogP contribution in [0.25, 0.3) is 16.6 Å². The first-order valence-corrected chi connectivity index (χ1v) is 11.7. The fourth-order valence-corrected chi connectivity index (χ4v) is 4.49. The van der Waals surface area contributed by atoms with Gasteiger partial charge < -0.3 is 10.1 Å². The number of rotatable bonds is 8. The number of hydrogen-bond donors (Lipinski definition) is 1. The van der Waals surface area contributed by atoms with Gasteiger partial charge in [-0.15, -0.1) is 0 Å². The zero-order chi connectivity index (χ0) is 24.0. The lowest BCUT2D eigenvalue weighted by atomic mass is 10.0. The summed E-state index contributed by atoms with van der Waals surface area (Å²) in [4.78, 5) is 17.6. The summed E-state index contributed by atoms with van der Waals surface area (Å²) in [5.74, 6) is 0.707. The number of nitrogens with zero attached hydrogens (tertiary/aromatic N) is 2. The molecule has 0 saturated heterocycles. The lowest BCUT2D eigenvalue weighted by molar-refractivity contribution is 0.0960. The summed E-state index contributed by atoms with van der Waals surface area (Å²) in [6.45, 7) is 0. The van der Waals surface area contributed by atoms with Crippen molar-refractivity contribution >= 4 is 22.4 Å². The number of hydrogen-bond acceptors (Lipinski definition) is 4. The molecule has 0 radical (unpaired) electrons. The molecule has 0 spiro atoms. The quantitative estimate of drug-likeness (QED) is 0.289. The summed E-state index contributed by atoms with van der Waals surface area (Å²) < 4.78 is 7.93. The third-order valence-electron chi connectivity index (χ3n) is 6.18. The molecule has 5 rings (SSSR count). The Morgan fingerprint density at radius 2 is 1.54 bits per heavy atom. The largest absolute Gasteiger partial charge is 0.377 e. The molecule has 0 amide bonds. The molecule has 35 heavy (non-hydrogen) atoms. The van der Waals surface area contributed by atoms with Crippen LogP contribution in [-0.2, 0) is 11.2 Å². The van der Waals surface area contributed by atoms with E-state index in [1.54, 1.807) is 19.4 Å². The number of benzene rings is 3. The van der Waals surface area contributed by atoms with Gasteiger partial charge in [-0.2, -0.15) is 0 Å². The van der Waals surface area contributed by atoms with Crippen molar-refractivity contribution in [3.05, 3.63) is 131 Å². The number of pyridine rings is 2. The minimum absolute atomic E-state index is 0.0472. The van der Waals surface area contributed by atoms with Crippen molar-refractivity contribution in [1.82, 2.24) is 9.55 Å². The van der Waals surface area contributed by atoms with Gasteiger partial charge in [0, 0.05) is 36.9 Å². The van der Waals surface area contributed by atoms with E-state index < -0.39 is 0 Å². The number of nitrogens with one attached hydrogen (secondary N) is 1. The van der Waals surface area contributed by atoms with Crippen LogP contribution in [-0.4, -0.2) is 16.7 Å². The van der Waals surface area contributed by atoms with Crippen molar-refractivity contribution in [3.63, 3.8) is 0 Å². The standard InChI is InChI=1S/C30H27N3O2/c1-35-28(22-11-5-2-6-12-22)18-17-23-20-31-21-26-27(34)19-29(32-24-13-7-3-8-14-24)33(30(23)26)25-15-9-4-10-16-25/h2-16,19-21,28,32H,17-18H2,1H3. The predicted octanol–water partition coefficient (Wildman–Crippen LogP) is 6.45. The molecule has 2 aromatic heterocycles. The van der Waals surface area contributed by atoms with Crippen molar-refractivity contribution in [2.24, 2.45) is 0 Å². The number of aromatic nitrogens is 2. The summed E-state index contributed by atoms with van der Waals surface area (Å²) >= 11 is 0. The summed E-state index contributed by atoms with van der Waals surface area (Å²) in [6, 6.07) is 31.8. The van der Waals surface area contributed by atoms with E-state index in [0.717, 1.165) is 34.4 Å². The number of methoxy groups -OCH3 is 1. The highest BCUT2D eigenvalue weighted by Crippen LogP contribution is 2.29. The topological polar surface area (TPSA) is 56.1 Å². The molecule has 174 valence electrons. The van der Waals surface area contributed by atoms with E-state index in [2.05, 4.69) is 27.0 Å². The van der Waals surface area contributed by atoms with E-state index in [1.165, 1.54) is 0 Å². The Balaban J connectivity index is 1.64. The molecule has 0 aliphatic carbocycles. The molecule has 2 heterocycles. The van der Waals surface area contributed by atoms with E-state index in [9.17, 15) is 4.79 Å². The first-order valence-electron chi connectivity index (χ1n) is 11.7. The van der Waals surface area contributed by atoms with Gasteiger partial charge in [-0.05, 0) is 48.2 Å². The summed E-state index contributed by atoms with van der Waals surface area (Å²) in [6.07, 6.45) is 4.96. The van der Waals surface area contributed by atoms with Gasteiger partial charge in [0.25, 0.3) is 0 Å². The third kappa shape index (κ3) is 4.86. The lowest BCUT2D eigenvalue weighted by Gasteiger charge is -2.21. The fourth-order valence-electron chi connectivity index (χ4n) is 4.49. The van der Waals surface area contributed by atoms with Crippen molar-refractivity contribution in [2.45, 2.75) is 18.9 Å². The first-order chi connectivity index (χ1) is 17.2. The van der Waals surface area contributed by atoms with Crippen molar-refractivity contribution < 1.29 is 4.74 Å². The van der Waals surface area contributed by atoms with Crippen LogP contribution in [0.2, 0.25) is 0 Å². The van der Waals surface area contributed by atoms with Crippen molar-refractivity contribution in [3.8, 4) is 5.69 Å². The van der Waals surface area contributed by atoms with Gasteiger partial charge in [0.05, 0.1) is 17.0 Å². The Hall–Kier alpha value is -4.22. The Kier molecular flexibility index (Phi) is 6.68. The average Bonchev–Trinajstić information content (AvgIpc) is 2.91. The molecule has 0 aliphatic rings. The van der Waals surface area contributed by atoms with Gasteiger partial charge in [-0.3, -0.25) is 14.3 Å². The minimum Gasteiger partial charge on any atom is -0.377 e. The molecule has 3 aromatic carbocycles.